The fourth-order valence-electron chi connectivity index (χ4n) is 3.87. The molecule has 1 aromatic rings. The molecule has 2 aliphatic heterocycles. The van der Waals surface area contributed by atoms with E-state index >= 15 is 0 Å². The molecule has 104 valence electrons. The first-order valence-corrected chi connectivity index (χ1v) is 7.73. The summed E-state index contributed by atoms with van der Waals surface area (Å²) in [4.78, 5) is 2.61. The SMILES string of the molecule is Cc1cccc(CCNC2CC3CCC(C2)N3C)c1. The summed E-state index contributed by atoms with van der Waals surface area (Å²) in [6.45, 7) is 3.29. The quantitative estimate of drug-likeness (QED) is 0.893. The maximum Gasteiger partial charge on any atom is 0.0111 e. The zero-order valence-electron chi connectivity index (χ0n) is 12.2. The molecule has 0 aromatic heterocycles. The first kappa shape index (κ1) is 13.1. The molecule has 0 amide bonds. The number of benzene rings is 1. The van der Waals surface area contributed by atoms with E-state index < -0.39 is 0 Å². The van der Waals surface area contributed by atoms with E-state index in [0.29, 0.717) is 0 Å². The lowest BCUT2D eigenvalue weighted by Gasteiger charge is -2.36. The lowest BCUT2D eigenvalue weighted by atomic mass is 9.98. The van der Waals surface area contributed by atoms with Crippen molar-refractivity contribution in [2.45, 2.75) is 57.2 Å². The van der Waals surface area contributed by atoms with Gasteiger partial charge in [-0.2, -0.15) is 0 Å². The van der Waals surface area contributed by atoms with E-state index in [2.05, 4.69) is 48.5 Å². The van der Waals surface area contributed by atoms with Crippen molar-refractivity contribution in [1.29, 1.82) is 0 Å². The maximum atomic E-state index is 3.78. The van der Waals surface area contributed by atoms with Crippen LogP contribution in [0.25, 0.3) is 0 Å². The number of rotatable bonds is 4. The molecule has 2 fully saturated rings. The summed E-state index contributed by atoms with van der Waals surface area (Å²) in [5.74, 6) is 0. The molecular formula is C17H26N2. The molecule has 2 heterocycles. The van der Waals surface area contributed by atoms with Crippen LogP contribution in [0.4, 0.5) is 0 Å². The molecule has 0 saturated carbocycles. The van der Waals surface area contributed by atoms with Crippen molar-refractivity contribution in [2.75, 3.05) is 13.6 Å². The topological polar surface area (TPSA) is 15.3 Å². The minimum atomic E-state index is 0.749. The van der Waals surface area contributed by atoms with E-state index in [-0.39, 0.29) is 0 Å². The summed E-state index contributed by atoms with van der Waals surface area (Å²) in [7, 11) is 2.31. The second-order valence-corrected chi connectivity index (χ2v) is 6.41. The number of nitrogens with zero attached hydrogens (tertiary/aromatic N) is 1. The number of fused-ring (bicyclic) bond motifs is 2. The van der Waals surface area contributed by atoms with Crippen molar-refractivity contribution in [1.82, 2.24) is 10.2 Å². The van der Waals surface area contributed by atoms with Crippen LogP contribution in [0, 0.1) is 6.92 Å². The van der Waals surface area contributed by atoms with Crippen LogP contribution in [0.15, 0.2) is 24.3 Å². The Kier molecular flexibility index (Phi) is 3.90. The average molecular weight is 258 g/mol. The Balaban J connectivity index is 1.46. The van der Waals surface area contributed by atoms with Gasteiger partial charge in [0.1, 0.15) is 0 Å². The molecule has 2 unspecified atom stereocenters. The first-order chi connectivity index (χ1) is 9.22. The molecule has 2 saturated heterocycles. The van der Waals surface area contributed by atoms with Gasteiger partial charge in [-0.1, -0.05) is 29.8 Å². The monoisotopic (exact) mass is 258 g/mol. The standard InChI is InChI=1S/C17H26N2/c1-13-4-3-5-14(10-13)8-9-18-15-11-16-6-7-17(12-15)19(16)2/h3-5,10,15-18H,6-9,11-12H2,1-2H3. The van der Waals surface area contributed by atoms with Crippen molar-refractivity contribution < 1.29 is 0 Å². The lowest BCUT2D eigenvalue weighted by Crippen LogP contribution is -2.47. The smallest absolute Gasteiger partial charge is 0.0111 e. The van der Waals surface area contributed by atoms with Gasteiger partial charge < -0.3 is 10.2 Å². The van der Waals surface area contributed by atoms with Crippen molar-refractivity contribution in [2.24, 2.45) is 0 Å². The van der Waals surface area contributed by atoms with E-state index in [1.54, 1.807) is 0 Å². The van der Waals surface area contributed by atoms with Gasteiger partial charge in [0, 0.05) is 18.1 Å². The normalized spacial score (nSPS) is 30.7. The van der Waals surface area contributed by atoms with E-state index in [0.717, 1.165) is 31.1 Å². The van der Waals surface area contributed by atoms with Gasteiger partial charge in [0.05, 0.1) is 0 Å². The van der Waals surface area contributed by atoms with Gasteiger partial charge in [-0.05, 0) is 58.2 Å². The van der Waals surface area contributed by atoms with Crippen LogP contribution < -0.4 is 5.32 Å². The van der Waals surface area contributed by atoms with E-state index in [1.165, 1.54) is 36.8 Å². The third-order valence-corrected chi connectivity index (χ3v) is 5.03. The molecule has 3 rings (SSSR count). The molecule has 1 N–H and O–H groups in total. The van der Waals surface area contributed by atoms with Crippen molar-refractivity contribution >= 4 is 0 Å². The van der Waals surface area contributed by atoms with Crippen molar-refractivity contribution in [3.8, 4) is 0 Å². The van der Waals surface area contributed by atoms with Crippen molar-refractivity contribution in [3.05, 3.63) is 35.4 Å². The van der Waals surface area contributed by atoms with Crippen LogP contribution in [0.1, 0.15) is 36.8 Å². The number of aryl methyl sites for hydroxylation is 1. The van der Waals surface area contributed by atoms with Crippen LogP contribution in [-0.2, 0) is 6.42 Å². The Labute approximate surface area is 117 Å². The minimum Gasteiger partial charge on any atom is -0.314 e. The van der Waals surface area contributed by atoms with Crippen LogP contribution in [0.3, 0.4) is 0 Å². The number of piperidine rings is 1. The Hall–Kier alpha value is -0.860. The summed E-state index contributed by atoms with van der Waals surface area (Å²) in [6, 6.07) is 11.3. The first-order valence-electron chi connectivity index (χ1n) is 7.73. The average Bonchev–Trinajstić information content (AvgIpc) is 2.63. The summed E-state index contributed by atoms with van der Waals surface area (Å²) in [5.41, 5.74) is 2.83. The van der Waals surface area contributed by atoms with Gasteiger partial charge in [0.25, 0.3) is 0 Å². The van der Waals surface area contributed by atoms with Gasteiger partial charge in [-0.25, -0.2) is 0 Å². The molecular weight excluding hydrogens is 232 g/mol. The predicted octanol–water partition coefficient (Wildman–Crippen LogP) is 2.75. The highest BCUT2D eigenvalue weighted by molar-refractivity contribution is 5.22. The number of nitrogens with one attached hydrogen (secondary N) is 1. The molecule has 2 atom stereocenters. The Bertz CT molecular complexity index is 415. The van der Waals surface area contributed by atoms with Crippen LogP contribution in [-0.4, -0.2) is 36.6 Å². The largest absolute Gasteiger partial charge is 0.314 e. The highest BCUT2D eigenvalue weighted by Gasteiger charge is 2.37. The highest BCUT2D eigenvalue weighted by atomic mass is 15.2. The molecule has 2 heteroatoms. The summed E-state index contributed by atoms with van der Waals surface area (Å²) in [5, 5.41) is 3.78. The third-order valence-electron chi connectivity index (χ3n) is 5.03. The van der Waals surface area contributed by atoms with Gasteiger partial charge in [-0.3, -0.25) is 0 Å². The zero-order chi connectivity index (χ0) is 13.2. The van der Waals surface area contributed by atoms with Gasteiger partial charge >= 0.3 is 0 Å². The fourth-order valence-corrected chi connectivity index (χ4v) is 3.87. The molecule has 0 aliphatic carbocycles. The van der Waals surface area contributed by atoms with Crippen LogP contribution >= 0.6 is 0 Å². The minimum absolute atomic E-state index is 0.749. The molecule has 1 aromatic carbocycles. The number of hydrogen-bond donors (Lipinski definition) is 1. The summed E-state index contributed by atoms with van der Waals surface area (Å²) >= 11 is 0. The second-order valence-electron chi connectivity index (χ2n) is 6.41. The fraction of sp³-hybridized carbons (Fsp3) is 0.647. The van der Waals surface area contributed by atoms with Gasteiger partial charge in [-0.15, -0.1) is 0 Å². The zero-order valence-corrected chi connectivity index (χ0v) is 12.2. The third kappa shape index (κ3) is 3.01. The van der Waals surface area contributed by atoms with Crippen LogP contribution in [0.2, 0.25) is 0 Å². The Morgan fingerprint density at radius 2 is 1.95 bits per heavy atom. The predicted molar refractivity (Wildman–Crippen MR) is 80.5 cm³/mol. The number of hydrogen-bond acceptors (Lipinski definition) is 2. The molecule has 19 heavy (non-hydrogen) atoms. The van der Waals surface area contributed by atoms with Crippen LogP contribution in [0.5, 0.6) is 0 Å². The van der Waals surface area contributed by atoms with Crippen molar-refractivity contribution in [3.63, 3.8) is 0 Å². The highest BCUT2D eigenvalue weighted by Crippen LogP contribution is 2.34. The maximum absolute atomic E-state index is 3.78. The van der Waals surface area contributed by atoms with Gasteiger partial charge in [0.2, 0.25) is 0 Å². The Morgan fingerprint density at radius 1 is 1.21 bits per heavy atom. The summed E-state index contributed by atoms with van der Waals surface area (Å²) in [6.07, 6.45) is 6.68. The van der Waals surface area contributed by atoms with E-state index in [4.69, 9.17) is 0 Å². The lowest BCUT2D eigenvalue weighted by molar-refractivity contribution is 0.149. The second kappa shape index (κ2) is 5.64. The Morgan fingerprint density at radius 3 is 2.63 bits per heavy atom. The molecule has 0 spiro atoms. The molecule has 2 bridgehead atoms. The molecule has 2 nitrogen and oxygen atoms in total. The molecule has 2 aliphatic rings. The van der Waals surface area contributed by atoms with Gasteiger partial charge in [0.15, 0.2) is 0 Å². The summed E-state index contributed by atoms with van der Waals surface area (Å²) < 4.78 is 0. The molecule has 0 radical (unpaired) electrons. The van der Waals surface area contributed by atoms with E-state index in [1.807, 2.05) is 0 Å². The van der Waals surface area contributed by atoms with E-state index in [9.17, 15) is 0 Å².